The Labute approximate surface area is 144 Å². The third-order valence-electron chi connectivity index (χ3n) is 2.77. The molecule has 0 spiro atoms. The summed E-state index contributed by atoms with van der Waals surface area (Å²) in [5.74, 6) is -1.80. The van der Waals surface area contributed by atoms with Crippen LogP contribution in [0, 0.1) is 10.1 Å². The van der Waals surface area contributed by atoms with Gasteiger partial charge >= 0.3 is 11.8 Å². The summed E-state index contributed by atoms with van der Waals surface area (Å²) in [4.78, 5) is 33.3. The molecule has 8 nitrogen and oxygen atoms in total. The molecule has 0 aromatic heterocycles. The molecular weight excluding hydrogens is 380 g/mol. The number of carbonyl (C=O) groups excluding carboxylic acids is 2. The van der Waals surface area contributed by atoms with Gasteiger partial charge in [-0.3, -0.25) is 19.7 Å². The SMILES string of the molecule is O=C(NN=Cc1ccc([N+](=O)[O-])cc1)C(=O)Nc1cccc(Br)c1. The van der Waals surface area contributed by atoms with Crippen molar-refractivity contribution in [2.45, 2.75) is 0 Å². The zero-order valence-corrected chi connectivity index (χ0v) is 13.7. The quantitative estimate of drug-likeness (QED) is 0.361. The molecule has 0 aliphatic carbocycles. The molecular formula is C15H11BrN4O4. The van der Waals surface area contributed by atoms with Gasteiger partial charge in [0.25, 0.3) is 5.69 Å². The van der Waals surface area contributed by atoms with E-state index in [0.717, 1.165) is 4.47 Å². The minimum Gasteiger partial charge on any atom is -0.318 e. The van der Waals surface area contributed by atoms with Gasteiger partial charge in [0.1, 0.15) is 0 Å². The predicted octanol–water partition coefficient (Wildman–Crippen LogP) is 2.45. The van der Waals surface area contributed by atoms with Gasteiger partial charge < -0.3 is 5.32 Å². The molecule has 0 saturated heterocycles. The van der Waals surface area contributed by atoms with Gasteiger partial charge in [-0.05, 0) is 35.9 Å². The summed E-state index contributed by atoms with van der Waals surface area (Å²) < 4.78 is 0.761. The summed E-state index contributed by atoms with van der Waals surface area (Å²) in [6, 6.07) is 12.3. The highest BCUT2D eigenvalue weighted by atomic mass is 79.9. The first-order valence-electron chi connectivity index (χ1n) is 6.60. The van der Waals surface area contributed by atoms with Gasteiger partial charge in [0.15, 0.2) is 0 Å². The highest BCUT2D eigenvalue weighted by molar-refractivity contribution is 9.10. The molecule has 0 bridgehead atoms. The number of amides is 2. The fourth-order valence-electron chi connectivity index (χ4n) is 1.65. The van der Waals surface area contributed by atoms with Crippen molar-refractivity contribution in [1.29, 1.82) is 0 Å². The molecule has 122 valence electrons. The molecule has 0 saturated carbocycles. The molecule has 0 radical (unpaired) electrons. The molecule has 0 fully saturated rings. The van der Waals surface area contributed by atoms with Crippen molar-refractivity contribution in [2.24, 2.45) is 5.10 Å². The van der Waals surface area contributed by atoms with Crippen LogP contribution < -0.4 is 10.7 Å². The van der Waals surface area contributed by atoms with E-state index < -0.39 is 16.7 Å². The molecule has 2 N–H and O–H groups in total. The number of hydrogen-bond donors (Lipinski definition) is 2. The number of nitro groups is 1. The first-order chi connectivity index (χ1) is 11.5. The lowest BCUT2D eigenvalue weighted by molar-refractivity contribution is -0.384. The Morgan fingerprint density at radius 3 is 2.46 bits per heavy atom. The molecule has 9 heteroatoms. The Hall–Kier alpha value is -3.07. The van der Waals surface area contributed by atoms with Crippen molar-refractivity contribution in [3.8, 4) is 0 Å². The van der Waals surface area contributed by atoms with Gasteiger partial charge in [0.05, 0.1) is 11.1 Å². The van der Waals surface area contributed by atoms with Crippen molar-refractivity contribution in [3.63, 3.8) is 0 Å². The number of carbonyl (C=O) groups is 2. The number of nitrogens with zero attached hydrogens (tertiary/aromatic N) is 2. The van der Waals surface area contributed by atoms with Crippen LogP contribution in [0.25, 0.3) is 0 Å². The van der Waals surface area contributed by atoms with E-state index in [1.54, 1.807) is 24.3 Å². The average Bonchev–Trinajstić information content (AvgIpc) is 2.55. The average molecular weight is 391 g/mol. The number of benzene rings is 2. The highest BCUT2D eigenvalue weighted by Gasteiger charge is 2.12. The Bertz CT molecular complexity index is 805. The van der Waals surface area contributed by atoms with Crippen molar-refractivity contribution < 1.29 is 14.5 Å². The maximum absolute atomic E-state index is 11.7. The van der Waals surface area contributed by atoms with Gasteiger partial charge in [0.2, 0.25) is 0 Å². The van der Waals surface area contributed by atoms with E-state index in [1.807, 2.05) is 0 Å². The van der Waals surface area contributed by atoms with Crippen LogP contribution in [0.5, 0.6) is 0 Å². The number of halogens is 1. The van der Waals surface area contributed by atoms with Crippen molar-refractivity contribution >= 4 is 45.3 Å². The van der Waals surface area contributed by atoms with Gasteiger partial charge in [-0.15, -0.1) is 0 Å². The second-order valence-electron chi connectivity index (χ2n) is 4.51. The highest BCUT2D eigenvalue weighted by Crippen LogP contribution is 2.15. The Morgan fingerprint density at radius 1 is 1.12 bits per heavy atom. The number of nitrogens with one attached hydrogen (secondary N) is 2. The number of nitro benzene ring substituents is 1. The maximum atomic E-state index is 11.7. The van der Waals surface area contributed by atoms with Gasteiger partial charge in [-0.1, -0.05) is 22.0 Å². The number of hydrazone groups is 1. The maximum Gasteiger partial charge on any atom is 0.329 e. The predicted molar refractivity (Wildman–Crippen MR) is 91.6 cm³/mol. The molecule has 0 atom stereocenters. The number of non-ortho nitro benzene ring substituents is 1. The Kier molecular flexibility index (Phi) is 5.74. The van der Waals surface area contributed by atoms with Crippen LogP contribution in [-0.2, 0) is 9.59 Å². The minimum atomic E-state index is -0.937. The number of hydrogen-bond acceptors (Lipinski definition) is 5. The fraction of sp³-hybridized carbons (Fsp3) is 0. The molecule has 0 aliphatic rings. The topological polar surface area (TPSA) is 114 Å². The second-order valence-corrected chi connectivity index (χ2v) is 5.43. The molecule has 2 rings (SSSR count). The summed E-state index contributed by atoms with van der Waals surface area (Å²) in [7, 11) is 0. The first kappa shape index (κ1) is 17.3. The van der Waals surface area contributed by atoms with E-state index in [0.29, 0.717) is 11.3 Å². The second kappa shape index (κ2) is 7.97. The van der Waals surface area contributed by atoms with Crippen LogP contribution in [0.1, 0.15) is 5.56 Å². The van der Waals surface area contributed by atoms with Crippen molar-refractivity contribution in [2.75, 3.05) is 5.32 Å². The summed E-state index contributed by atoms with van der Waals surface area (Å²) in [5, 5.41) is 16.6. The largest absolute Gasteiger partial charge is 0.329 e. The molecule has 0 unspecified atom stereocenters. The van der Waals surface area contributed by atoms with Crippen molar-refractivity contribution in [3.05, 3.63) is 68.7 Å². The summed E-state index contributed by atoms with van der Waals surface area (Å²) >= 11 is 3.25. The molecule has 24 heavy (non-hydrogen) atoms. The summed E-state index contributed by atoms with van der Waals surface area (Å²) in [6.45, 7) is 0. The number of anilines is 1. The van der Waals surface area contributed by atoms with Crippen LogP contribution in [0.15, 0.2) is 58.1 Å². The standard InChI is InChI=1S/C15H11BrN4O4/c16-11-2-1-3-12(8-11)18-14(21)15(22)19-17-9-10-4-6-13(7-5-10)20(23)24/h1-9H,(H,18,21)(H,19,22). The third-order valence-corrected chi connectivity index (χ3v) is 3.27. The smallest absolute Gasteiger partial charge is 0.318 e. The lowest BCUT2D eigenvalue weighted by Gasteiger charge is -2.04. The molecule has 2 aromatic carbocycles. The number of rotatable bonds is 4. The van der Waals surface area contributed by atoms with E-state index in [4.69, 9.17) is 0 Å². The Balaban J connectivity index is 1.89. The van der Waals surface area contributed by atoms with Gasteiger partial charge in [-0.2, -0.15) is 5.10 Å². The minimum absolute atomic E-state index is 0.0513. The normalized spacial score (nSPS) is 10.4. The van der Waals surface area contributed by atoms with Crippen LogP contribution in [-0.4, -0.2) is 23.0 Å². The zero-order chi connectivity index (χ0) is 17.5. The molecule has 0 aliphatic heterocycles. The lowest BCUT2D eigenvalue weighted by Crippen LogP contribution is -2.32. The zero-order valence-electron chi connectivity index (χ0n) is 12.1. The van der Waals surface area contributed by atoms with E-state index in [-0.39, 0.29) is 5.69 Å². The lowest BCUT2D eigenvalue weighted by atomic mass is 10.2. The third kappa shape index (κ3) is 4.99. The summed E-state index contributed by atoms with van der Waals surface area (Å²) in [5.41, 5.74) is 3.02. The van der Waals surface area contributed by atoms with Crippen LogP contribution in [0.3, 0.4) is 0 Å². The molecule has 2 aromatic rings. The monoisotopic (exact) mass is 390 g/mol. The van der Waals surface area contributed by atoms with Gasteiger partial charge in [-0.25, -0.2) is 5.43 Å². The molecule has 2 amide bonds. The first-order valence-corrected chi connectivity index (χ1v) is 7.39. The Morgan fingerprint density at radius 2 is 1.83 bits per heavy atom. The molecule has 0 heterocycles. The van der Waals surface area contributed by atoms with Crippen molar-refractivity contribution in [1.82, 2.24) is 5.43 Å². The summed E-state index contributed by atoms with van der Waals surface area (Å²) in [6.07, 6.45) is 1.27. The van der Waals surface area contributed by atoms with Crippen LogP contribution >= 0.6 is 15.9 Å². The van der Waals surface area contributed by atoms with Crippen LogP contribution in [0.2, 0.25) is 0 Å². The fourth-order valence-corrected chi connectivity index (χ4v) is 2.05. The van der Waals surface area contributed by atoms with Gasteiger partial charge in [0, 0.05) is 22.3 Å². The van der Waals surface area contributed by atoms with E-state index in [1.165, 1.54) is 30.5 Å². The van der Waals surface area contributed by atoms with E-state index >= 15 is 0 Å². The van der Waals surface area contributed by atoms with E-state index in [9.17, 15) is 19.7 Å². The van der Waals surface area contributed by atoms with E-state index in [2.05, 4.69) is 31.8 Å². The van der Waals surface area contributed by atoms with Crippen LogP contribution in [0.4, 0.5) is 11.4 Å².